The zero-order valence-corrected chi connectivity index (χ0v) is 8.60. The molecule has 0 aliphatic heterocycles. The Morgan fingerprint density at radius 1 is 1.62 bits per heavy atom. The van der Waals surface area contributed by atoms with Crippen molar-refractivity contribution < 1.29 is 6.22 Å². The number of hydrogen-bond acceptors (Lipinski definition) is 1. The summed E-state index contributed by atoms with van der Waals surface area (Å²) in [4.78, 5) is 11.2. The first-order valence-corrected chi connectivity index (χ1v) is 4.46. The average molecular weight is 179 g/mol. The third-order valence-electron chi connectivity index (χ3n) is 2.28. The molecule has 0 aromatic rings. The molecule has 0 heterocycles. The number of carbonyl (C=O) groups is 1. The van der Waals surface area contributed by atoms with Crippen LogP contribution in [-0.4, -0.2) is 5.78 Å². The van der Waals surface area contributed by atoms with E-state index in [2.05, 4.69) is 19.7 Å². The summed E-state index contributed by atoms with van der Waals surface area (Å²) in [7, 11) is 0. The second-order valence-electron chi connectivity index (χ2n) is 3.29. The molecule has 1 rings (SSSR count). The normalized spacial score (nSPS) is 21.2. The van der Waals surface area contributed by atoms with Crippen LogP contribution in [0.3, 0.4) is 0 Å². The van der Waals surface area contributed by atoms with Gasteiger partial charge in [0, 0.05) is 6.42 Å². The molecule has 0 radical (unpaired) electrons. The summed E-state index contributed by atoms with van der Waals surface area (Å²) in [5.41, 5.74) is 2.05. The number of ketones is 1. The Kier molecular flexibility index (Phi) is 5.05. The maximum Gasteiger partial charge on any atom is 1.00 e. The number of hydrogen-bond donors (Lipinski definition) is 0. The maximum absolute atomic E-state index is 11.2. The average Bonchev–Trinajstić information content (AvgIpc) is 2.13. The highest BCUT2D eigenvalue weighted by Gasteiger charge is 2.18. The van der Waals surface area contributed by atoms with Crippen LogP contribution < -0.4 is 0 Å². The molecule has 1 unspecified atom stereocenters. The third kappa shape index (κ3) is 3.41. The molecule has 0 spiro atoms. The summed E-state index contributed by atoms with van der Waals surface area (Å²) < 4.78 is 0. The van der Waals surface area contributed by atoms with Gasteiger partial charge in [-0.1, -0.05) is 18.2 Å². The molecule has 1 atom stereocenters. The van der Waals surface area contributed by atoms with E-state index in [9.17, 15) is 4.79 Å². The molecule has 0 amide bonds. The molecule has 0 saturated carbocycles. The van der Waals surface area contributed by atoms with E-state index in [-0.39, 0.29) is 7.21 Å². The summed E-state index contributed by atoms with van der Waals surface area (Å²) in [6.45, 7) is 13.7. The highest BCUT2D eigenvalue weighted by atomic mass is 16.1. The fourth-order valence-electron chi connectivity index (χ4n) is 1.28. The molecule has 1 aliphatic carbocycles. The van der Waals surface area contributed by atoms with Gasteiger partial charge in [0.15, 0.2) is 5.78 Å². The van der Waals surface area contributed by atoms with Crippen molar-refractivity contribution in [2.75, 3.05) is 0 Å². The predicted octanol–water partition coefficient (Wildman–Crippen LogP) is 3.40. The Morgan fingerprint density at radius 2 is 2.15 bits per heavy atom. The van der Waals surface area contributed by atoms with Crippen LogP contribution in [0.2, 0.25) is 0 Å². The molecule has 72 valence electrons. The first-order chi connectivity index (χ1) is 6.11. The van der Waals surface area contributed by atoms with Crippen LogP contribution in [0, 0.1) is 5.92 Å². The van der Waals surface area contributed by atoms with Crippen molar-refractivity contribution in [2.45, 2.75) is 26.7 Å². The minimum Gasteiger partial charge on any atom is -0.295 e. The molecule has 0 aromatic carbocycles. The Labute approximate surface area is 82.3 Å². The van der Waals surface area contributed by atoms with Gasteiger partial charge in [-0.25, -0.2) is 0 Å². The quantitative estimate of drug-likeness (QED) is 0.564. The van der Waals surface area contributed by atoms with E-state index in [1.54, 1.807) is 0 Å². The third-order valence-corrected chi connectivity index (χ3v) is 2.28. The monoisotopic (exact) mass is 179 g/mol. The van der Waals surface area contributed by atoms with E-state index in [0.717, 1.165) is 17.6 Å². The zero-order valence-electron chi connectivity index (χ0n) is 9.60. The molecule has 1 nitrogen and oxygen atoms in total. The highest BCUT2D eigenvalue weighted by Crippen LogP contribution is 2.25. The van der Waals surface area contributed by atoms with E-state index >= 15 is 0 Å². The summed E-state index contributed by atoms with van der Waals surface area (Å²) in [6.07, 6.45) is 3.68. The van der Waals surface area contributed by atoms with Crippen molar-refractivity contribution in [2.24, 2.45) is 5.92 Å². The number of allylic oxidation sites excluding steroid dienone is 3. The first-order valence-electron chi connectivity index (χ1n) is 4.46. The zero-order chi connectivity index (χ0) is 10.4. The van der Waals surface area contributed by atoms with Crippen molar-refractivity contribution in [3.05, 3.63) is 37.0 Å². The lowest BCUT2D eigenvalue weighted by molar-refractivity contribution is -0.116. The van der Waals surface area contributed by atoms with Crippen LogP contribution in [0.25, 0.3) is 0 Å². The van der Waals surface area contributed by atoms with E-state index in [0.29, 0.717) is 12.3 Å². The van der Waals surface area contributed by atoms with Gasteiger partial charge in [-0.05, 0) is 31.8 Å². The Hall–Kier alpha value is -1.11. The van der Waals surface area contributed by atoms with Gasteiger partial charge in [0.05, 0.1) is 0 Å². The molecular weight excluding hydrogens is 160 g/mol. The Morgan fingerprint density at radius 3 is 2.54 bits per heavy atom. The fourth-order valence-corrected chi connectivity index (χ4v) is 1.28. The lowest BCUT2D eigenvalue weighted by atomic mass is 9.85. The first kappa shape index (κ1) is 11.9. The van der Waals surface area contributed by atoms with Gasteiger partial charge < -0.3 is 0 Å². The topological polar surface area (TPSA) is 17.1 Å². The molecule has 0 N–H and O–H groups in total. The van der Waals surface area contributed by atoms with E-state index in [4.69, 9.17) is 0 Å². The predicted molar refractivity (Wildman–Crippen MR) is 58.7 cm³/mol. The van der Waals surface area contributed by atoms with Crippen LogP contribution in [0.1, 0.15) is 28.1 Å². The van der Waals surface area contributed by atoms with Crippen molar-refractivity contribution in [1.29, 1.82) is 0 Å². The van der Waals surface area contributed by atoms with Gasteiger partial charge in [0.2, 0.25) is 0 Å². The van der Waals surface area contributed by atoms with Crippen molar-refractivity contribution in [1.82, 2.24) is 0 Å². The van der Waals surface area contributed by atoms with Crippen molar-refractivity contribution in [3.63, 3.8) is 0 Å². The van der Waals surface area contributed by atoms with Crippen LogP contribution in [0.15, 0.2) is 37.0 Å². The Bertz CT molecular complexity index is 241. The summed E-state index contributed by atoms with van der Waals surface area (Å²) in [5, 5.41) is 0. The summed E-state index contributed by atoms with van der Waals surface area (Å²) in [6, 6.07) is 0. The van der Waals surface area contributed by atoms with Crippen LogP contribution >= 0.6 is 0 Å². The van der Waals surface area contributed by atoms with Crippen LogP contribution in [0.4, 0.5) is 0 Å². The summed E-state index contributed by atoms with van der Waals surface area (Å²) in [5.74, 6) is 0.676. The van der Waals surface area contributed by atoms with Gasteiger partial charge in [-0.3, -0.25) is 4.79 Å². The van der Waals surface area contributed by atoms with Gasteiger partial charge >= 0.3 is 1.43 Å². The molecule has 13 heavy (non-hydrogen) atoms. The van der Waals surface area contributed by atoms with Gasteiger partial charge in [-0.2, -0.15) is 0 Å². The number of carbonyl (C=O) groups excluding carboxylic acids is 1. The fraction of sp³-hybridized carbons (Fsp3) is 0.417. The molecule has 0 bridgehead atoms. The molecular formula is C12H19O+. The van der Waals surface area contributed by atoms with Crippen LogP contribution in [-0.2, 0) is 4.79 Å². The van der Waals surface area contributed by atoms with Crippen LogP contribution in [0.5, 0.6) is 0 Å². The lowest BCUT2D eigenvalue weighted by Gasteiger charge is -2.18. The minimum absolute atomic E-state index is 0. The standard InChI is InChI=1S/C10H14O.C2H4/c1-7(2)9-5-4-8(3)10(11)6-9;1-2/h4,9H,1,5-6H2,2-3H3;1-2H2/p+1. The highest BCUT2D eigenvalue weighted by molar-refractivity contribution is 5.95. The van der Waals surface area contributed by atoms with Gasteiger partial charge in [0.25, 0.3) is 0 Å². The van der Waals surface area contributed by atoms with Gasteiger partial charge in [0.1, 0.15) is 0 Å². The van der Waals surface area contributed by atoms with Gasteiger partial charge in [-0.15, -0.1) is 13.2 Å². The molecule has 1 heteroatoms. The molecule has 0 fully saturated rings. The van der Waals surface area contributed by atoms with E-state index < -0.39 is 0 Å². The second kappa shape index (κ2) is 5.52. The van der Waals surface area contributed by atoms with E-state index in [1.165, 1.54) is 0 Å². The minimum atomic E-state index is 0. The Balaban J connectivity index is 0. The molecule has 0 aromatic heterocycles. The number of Topliss-reactive ketones (excluding diaryl/α,β-unsaturated/α-hetero) is 1. The summed E-state index contributed by atoms with van der Waals surface area (Å²) >= 11 is 0. The van der Waals surface area contributed by atoms with E-state index in [1.807, 2.05) is 19.9 Å². The van der Waals surface area contributed by atoms with Crippen molar-refractivity contribution >= 4 is 5.78 Å². The lowest BCUT2D eigenvalue weighted by Crippen LogP contribution is -2.14. The SMILES string of the molecule is C=C.C=C(C)C1CC=C(C)C(=O)C1.[H+]. The largest absolute Gasteiger partial charge is 1.00 e. The molecule has 0 saturated heterocycles. The molecule has 1 aliphatic rings. The van der Waals surface area contributed by atoms with Crippen molar-refractivity contribution in [3.8, 4) is 0 Å². The smallest absolute Gasteiger partial charge is 0.295 e. The maximum atomic E-state index is 11.2. The second-order valence-corrected chi connectivity index (χ2v) is 3.29. The number of rotatable bonds is 1.